The minimum Gasteiger partial charge on any atom is -0.360 e. The summed E-state index contributed by atoms with van der Waals surface area (Å²) in [6.45, 7) is 1.69. The largest absolute Gasteiger partial charge is 0.360 e. The van der Waals surface area contributed by atoms with Crippen LogP contribution in [0.2, 0.25) is 0 Å². The Hall–Kier alpha value is -1.67. The molecule has 0 saturated heterocycles. The quantitative estimate of drug-likeness (QED) is 0.541. The normalized spacial score (nSPS) is 9.20. The Labute approximate surface area is 90.4 Å². The van der Waals surface area contributed by atoms with Gasteiger partial charge in [0.25, 0.3) is 0 Å². The highest BCUT2D eigenvalue weighted by atomic mass is 15.2. The van der Waals surface area contributed by atoms with Gasteiger partial charge in [-0.1, -0.05) is 6.07 Å². The van der Waals surface area contributed by atoms with Crippen LogP contribution < -0.4 is 4.90 Å². The standard InChI is InChI=1S/C11H16N4/c1-12-10-13-7-5-9-15(2)11-6-3-4-8-14-11/h3-4,6,8H,5,7,9H2,1-2H3. The summed E-state index contributed by atoms with van der Waals surface area (Å²) < 4.78 is 0. The molecule has 1 aromatic rings. The van der Waals surface area contributed by atoms with Crippen molar-refractivity contribution in [3.05, 3.63) is 24.4 Å². The Morgan fingerprint density at radius 1 is 1.47 bits per heavy atom. The van der Waals surface area contributed by atoms with Crippen LogP contribution in [0.4, 0.5) is 5.82 Å². The summed E-state index contributed by atoms with van der Waals surface area (Å²) in [6, 6.07) is 8.48. The highest BCUT2D eigenvalue weighted by Crippen LogP contribution is 2.06. The molecule has 4 nitrogen and oxygen atoms in total. The molecule has 4 heteroatoms. The zero-order chi connectivity index (χ0) is 10.9. The topological polar surface area (TPSA) is 40.9 Å². The molecule has 0 aliphatic carbocycles. The number of anilines is 1. The van der Waals surface area contributed by atoms with Crippen LogP contribution in [0.15, 0.2) is 34.4 Å². The Kier molecular flexibility index (Phi) is 5.12. The molecular formula is C11H16N4. The molecule has 15 heavy (non-hydrogen) atoms. The first kappa shape index (κ1) is 11.4. The third-order valence-electron chi connectivity index (χ3n) is 1.97. The molecule has 0 unspecified atom stereocenters. The maximum Gasteiger partial charge on any atom is 0.128 e. The van der Waals surface area contributed by atoms with Crippen molar-refractivity contribution in [3.63, 3.8) is 0 Å². The average Bonchev–Trinajstić information content (AvgIpc) is 2.30. The summed E-state index contributed by atoms with van der Waals surface area (Å²) >= 11 is 0. The third-order valence-corrected chi connectivity index (χ3v) is 1.97. The van der Waals surface area contributed by atoms with E-state index < -0.39 is 0 Å². The SMILES string of the molecule is CN=C=NCCCN(C)c1ccccn1. The smallest absolute Gasteiger partial charge is 0.128 e. The van der Waals surface area contributed by atoms with Gasteiger partial charge < -0.3 is 4.90 Å². The molecule has 0 amide bonds. The van der Waals surface area contributed by atoms with E-state index in [4.69, 9.17) is 0 Å². The highest BCUT2D eigenvalue weighted by molar-refractivity contribution is 5.40. The van der Waals surface area contributed by atoms with E-state index in [1.54, 1.807) is 13.2 Å². The molecule has 0 saturated carbocycles. The Morgan fingerprint density at radius 2 is 2.33 bits per heavy atom. The minimum atomic E-state index is 0.758. The van der Waals surface area contributed by atoms with Crippen LogP contribution in [0.1, 0.15) is 6.42 Å². The second kappa shape index (κ2) is 6.74. The molecule has 0 bridgehead atoms. The van der Waals surface area contributed by atoms with Crippen molar-refractivity contribution in [2.24, 2.45) is 9.98 Å². The first-order valence-corrected chi connectivity index (χ1v) is 4.97. The second-order valence-electron chi connectivity index (χ2n) is 3.17. The lowest BCUT2D eigenvalue weighted by atomic mass is 10.3. The van der Waals surface area contributed by atoms with Gasteiger partial charge in [0.2, 0.25) is 0 Å². The van der Waals surface area contributed by atoms with E-state index >= 15 is 0 Å². The number of nitrogens with zero attached hydrogens (tertiary/aromatic N) is 4. The molecule has 0 N–H and O–H groups in total. The Morgan fingerprint density at radius 3 is 3.00 bits per heavy atom. The summed E-state index contributed by atoms with van der Waals surface area (Å²) in [5.41, 5.74) is 0. The monoisotopic (exact) mass is 204 g/mol. The van der Waals surface area contributed by atoms with E-state index in [9.17, 15) is 0 Å². The number of hydrogen-bond donors (Lipinski definition) is 0. The fraction of sp³-hybridized carbons (Fsp3) is 0.455. The van der Waals surface area contributed by atoms with Crippen LogP contribution in [0, 0.1) is 0 Å². The van der Waals surface area contributed by atoms with E-state index in [1.165, 1.54) is 0 Å². The lowest BCUT2D eigenvalue weighted by molar-refractivity contribution is 0.789. The number of pyridine rings is 1. The van der Waals surface area contributed by atoms with Crippen molar-refractivity contribution in [3.8, 4) is 0 Å². The predicted octanol–water partition coefficient (Wildman–Crippen LogP) is 1.71. The Balaban J connectivity index is 2.31. The fourth-order valence-corrected chi connectivity index (χ4v) is 1.20. The lowest BCUT2D eigenvalue weighted by Gasteiger charge is -2.16. The van der Waals surface area contributed by atoms with Gasteiger partial charge in [-0.25, -0.2) is 15.0 Å². The molecule has 0 fully saturated rings. The number of aliphatic imine (C=N–C) groups is 2. The molecule has 1 aromatic heterocycles. The molecule has 1 heterocycles. The van der Waals surface area contributed by atoms with Gasteiger partial charge in [0.05, 0.1) is 12.6 Å². The van der Waals surface area contributed by atoms with Crippen LogP contribution in [-0.2, 0) is 0 Å². The molecule has 0 aliphatic rings. The van der Waals surface area contributed by atoms with Crippen LogP contribution in [0.3, 0.4) is 0 Å². The Bertz CT molecular complexity index is 328. The lowest BCUT2D eigenvalue weighted by Crippen LogP contribution is -2.20. The van der Waals surface area contributed by atoms with Gasteiger partial charge in [-0.2, -0.15) is 0 Å². The molecule has 0 aromatic carbocycles. The van der Waals surface area contributed by atoms with Crippen LogP contribution >= 0.6 is 0 Å². The van der Waals surface area contributed by atoms with E-state index in [-0.39, 0.29) is 0 Å². The van der Waals surface area contributed by atoms with Gasteiger partial charge in [0.1, 0.15) is 5.82 Å². The zero-order valence-electron chi connectivity index (χ0n) is 9.22. The summed E-state index contributed by atoms with van der Waals surface area (Å²) in [5, 5.41) is 0. The van der Waals surface area contributed by atoms with Gasteiger partial charge in [-0.05, 0) is 18.6 Å². The van der Waals surface area contributed by atoms with E-state index in [0.717, 1.165) is 25.3 Å². The molecule has 0 radical (unpaired) electrons. The summed E-state index contributed by atoms with van der Waals surface area (Å²) in [7, 11) is 3.70. The molecule has 0 atom stereocenters. The van der Waals surface area contributed by atoms with Gasteiger partial charge in [-0.3, -0.25) is 0 Å². The maximum atomic E-state index is 4.25. The van der Waals surface area contributed by atoms with Crippen LogP contribution in [-0.4, -0.2) is 38.2 Å². The van der Waals surface area contributed by atoms with E-state index in [1.807, 2.05) is 25.2 Å². The van der Waals surface area contributed by atoms with Gasteiger partial charge in [-0.15, -0.1) is 0 Å². The van der Waals surface area contributed by atoms with Crippen LogP contribution in [0.25, 0.3) is 0 Å². The number of rotatable bonds is 5. The first-order valence-electron chi connectivity index (χ1n) is 4.97. The van der Waals surface area contributed by atoms with Crippen molar-refractivity contribution in [2.45, 2.75) is 6.42 Å². The third kappa shape index (κ3) is 4.38. The van der Waals surface area contributed by atoms with Crippen molar-refractivity contribution >= 4 is 11.8 Å². The number of aromatic nitrogens is 1. The number of hydrogen-bond acceptors (Lipinski definition) is 4. The van der Waals surface area contributed by atoms with E-state index in [0.29, 0.717) is 0 Å². The summed E-state index contributed by atoms with van der Waals surface area (Å²) in [4.78, 5) is 14.0. The van der Waals surface area contributed by atoms with Crippen molar-refractivity contribution in [1.29, 1.82) is 0 Å². The molecule has 0 aliphatic heterocycles. The molecule has 1 rings (SSSR count). The predicted molar refractivity (Wildman–Crippen MR) is 62.8 cm³/mol. The molecule has 0 spiro atoms. The summed E-state index contributed by atoms with van der Waals surface area (Å²) in [6.07, 6.45) is 2.78. The van der Waals surface area contributed by atoms with Crippen molar-refractivity contribution < 1.29 is 0 Å². The second-order valence-corrected chi connectivity index (χ2v) is 3.17. The van der Waals surface area contributed by atoms with Gasteiger partial charge in [0, 0.05) is 26.8 Å². The zero-order valence-corrected chi connectivity index (χ0v) is 9.22. The van der Waals surface area contributed by atoms with Gasteiger partial charge in [0.15, 0.2) is 0 Å². The van der Waals surface area contributed by atoms with Gasteiger partial charge >= 0.3 is 0 Å². The van der Waals surface area contributed by atoms with Crippen molar-refractivity contribution in [1.82, 2.24) is 4.98 Å². The highest BCUT2D eigenvalue weighted by Gasteiger charge is 1.99. The fourth-order valence-electron chi connectivity index (χ4n) is 1.20. The van der Waals surface area contributed by atoms with Crippen LogP contribution in [0.5, 0.6) is 0 Å². The van der Waals surface area contributed by atoms with Crippen molar-refractivity contribution in [2.75, 3.05) is 32.1 Å². The molecular weight excluding hydrogens is 188 g/mol. The molecule has 80 valence electrons. The summed E-state index contributed by atoms with van der Waals surface area (Å²) in [5.74, 6) is 0.991. The first-order chi connectivity index (χ1) is 7.34. The average molecular weight is 204 g/mol. The maximum absolute atomic E-state index is 4.25. The minimum absolute atomic E-state index is 0.758. The van der Waals surface area contributed by atoms with E-state index in [2.05, 4.69) is 25.9 Å².